The normalized spacial score (nSPS) is 10.3. The third kappa shape index (κ3) is 7.36. The number of amides is 3. The van der Waals surface area contributed by atoms with Crippen LogP contribution in [0, 0.1) is 0 Å². The Labute approximate surface area is 202 Å². The summed E-state index contributed by atoms with van der Waals surface area (Å²) in [6.45, 7) is -0.588. The lowest BCUT2D eigenvalue weighted by atomic mass is 10.2. The Kier molecular flexibility index (Phi) is 8.84. The molecule has 0 atom stereocenters. The van der Waals surface area contributed by atoms with Crippen LogP contribution in [0.1, 0.15) is 5.56 Å². The Morgan fingerprint density at radius 1 is 0.857 bits per heavy atom. The summed E-state index contributed by atoms with van der Waals surface area (Å²) in [7, 11) is 3.04. The predicted molar refractivity (Wildman–Crippen MR) is 132 cm³/mol. The van der Waals surface area contributed by atoms with Crippen LogP contribution in [0.4, 0.5) is 16.2 Å². The molecule has 0 heterocycles. The number of benzene rings is 3. The first-order valence-corrected chi connectivity index (χ1v) is 10.6. The lowest BCUT2D eigenvalue weighted by molar-refractivity contribution is -0.143. The van der Waals surface area contributed by atoms with Gasteiger partial charge in [0.2, 0.25) is 0 Å². The fraction of sp³-hybridized carbons (Fsp3) is 0.115. The van der Waals surface area contributed by atoms with E-state index in [0.29, 0.717) is 28.4 Å². The standard InChI is InChI=1S/C26H25N3O6/c1-33-22-15-13-19(17-23(22)34-2)14-16-25(31)35-18-24(30)29(21-11-7-4-8-12-21)28-26(32)27-20-9-5-3-6-10-20/h3-17H,18H2,1-2H3,(H2,27,28,32)/b16-14+. The summed E-state index contributed by atoms with van der Waals surface area (Å²) in [6, 6.07) is 21.8. The van der Waals surface area contributed by atoms with E-state index in [4.69, 9.17) is 14.2 Å². The van der Waals surface area contributed by atoms with Gasteiger partial charge in [0.15, 0.2) is 18.1 Å². The van der Waals surface area contributed by atoms with E-state index >= 15 is 0 Å². The summed E-state index contributed by atoms with van der Waals surface area (Å²) in [6.07, 6.45) is 2.71. The minimum absolute atomic E-state index is 0.401. The minimum atomic E-state index is -0.727. The van der Waals surface area contributed by atoms with Gasteiger partial charge in [0, 0.05) is 11.8 Å². The Balaban J connectivity index is 1.62. The summed E-state index contributed by atoms with van der Waals surface area (Å²) in [4.78, 5) is 37.4. The van der Waals surface area contributed by atoms with E-state index in [-0.39, 0.29) is 0 Å². The molecule has 0 radical (unpaired) electrons. The number of rotatable bonds is 8. The SMILES string of the molecule is COc1ccc(/C=C/C(=O)OCC(=O)N(NC(=O)Nc2ccccc2)c2ccccc2)cc1OC. The molecule has 0 spiro atoms. The maximum Gasteiger partial charge on any atom is 0.338 e. The first-order chi connectivity index (χ1) is 17.0. The number of hydrazine groups is 1. The number of nitrogens with zero attached hydrogens (tertiary/aromatic N) is 1. The molecule has 0 aliphatic heterocycles. The van der Waals surface area contributed by atoms with Gasteiger partial charge < -0.3 is 19.5 Å². The molecule has 3 rings (SSSR count). The number of hydrogen-bond acceptors (Lipinski definition) is 6. The van der Waals surface area contributed by atoms with E-state index in [2.05, 4.69) is 10.7 Å². The van der Waals surface area contributed by atoms with Gasteiger partial charge in [-0.2, -0.15) is 0 Å². The van der Waals surface area contributed by atoms with Crippen LogP contribution in [-0.2, 0) is 14.3 Å². The molecule has 180 valence electrons. The Morgan fingerprint density at radius 3 is 2.17 bits per heavy atom. The highest BCUT2D eigenvalue weighted by atomic mass is 16.5. The van der Waals surface area contributed by atoms with Gasteiger partial charge in [-0.1, -0.05) is 42.5 Å². The molecule has 0 bridgehead atoms. The van der Waals surface area contributed by atoms with Crippen LogP contribution in [0.2, 0.25) is 0 Å². The zero-order valence-corrected chi connectivity index (χ0v) is 19.3. The number of carbonyl (C=O) groups is 3. The summed E-state index contributed by atoms with van der Waals surface area (Å²) in [5, 5.41) is 3.65. The van der Waals surface area contributed by atoms with Crippen molar-refractivity contribution in [3.63, 3.8) is 0 Å². The van der Waals surface area contributed by atoms with Crippen molar-refractivity contribution >= 4 is 35.4 Å². The first kappa shape index (κ1) is 24.8. The lowest BCUT2D eigenvalue weighted by Gasteiger charge is -2.23. The number of esters is 1. The molecule has 35 heavy (non-hydrogen) atoms. The second kappa shape index (κ2) is 12.4. The lowest BCUT2D eigenvalue weighted by Crippen LogP contribution is -2.49. The van der Waals surface area contributed by atoms with E-state index in [1.165, 1.54) is 26.4 Å². The van der Waals surface area contributed by atoms with Gasteiger partial charge in [0.25, 0.3) is 5.91 Å². The molecule has 0 aromatic heterocycles. The monoisotopic (exact) mass is 475 g/mol. The smallest absolute Gasteiger partial charge is 0.338 e. The van der Waals surface area contributed by atoms with E-state index < -0.39 is 24.5 Å². The van der Waals surface area contributed by atoms with Gasteiger partial charge in [-0.3, -0.25) is 4.79 Å². The molecule has 3 amide bonds. The van der Waals surface area contributed by atoms with Crippen LogP contribution in [0.15, 0.2) is 84.9 Å². The van der Waals surface area contributed by atoms with Crippen LogP contribution in [0.5, 0.6) is 11.5 Å². The predicted octanol–water partition coefficient (Wildman–Crippen LogP) is 4.03. The number of carbonyl (C=O) groups excluding carboxylic acids is 3. The molecule has 3 aromatic rings. The summed E-state index contributed by atoms with van der Waals surface area (Å²) < 4.78 is 15.5. The highest BCUT2D eigenvalue weighted by Crippen LogP contribution is 2.28. The van der Waals surface area contributed by atoms with Crippen molar-refractivity contribution in [3.8, 4) is 11.5 Å². The molecule has 0 unspecified atom stereocenters. The molecule has 0 aliphatic carbocycles. The minimum Gasteiger partial charge on any atom is -0.493 e. The quantitative estimate of drug-likeness (QED) is 0.290. The number of ether oxygens (including phenoxy) is 3. The second-order valence-corrected chi connectivity index (χ2v) is 7.05. The molecular formula is C26H25N3O6. The molecule has 2 N–H and O–H groups in total. The van der Waals surface area contributed by atoms with Gasteiger partial charge in [-0.05, 0) is 48.0 Å². The van der Waals surface area contributed by atoms with Gasteiger partial charge >= 0.3 is 12.0 Å². The summed E-state index contributed by atoms with van der Waals surface area (Å²) in [5.41, 5.74) is 4.12. The topological polar surface area (TPSA) is 106 Å². The maximum absolute atomic E-state index is 12.8. The highest BCUT2D eigenvalue weighted by molar-refractivity contribution is 6.00. The highest BCUT2D eigenvalue weighted by Gasteiger charge is 2.20. The van der Waals surface area contributed by atoms with Gasteiger partial charge in [-0.15, -0.1) is 0 Å². The molecule has 0 saturated heterocycles. The zero-order chi connectivity index (χ0) is 25.0. The first-order valence-electron chi connectivity index (χ1n) is 10.6. The average Bonchev–Trinajstić information content (AvgIpc) is 2.90. The van der Waals surface area contributed by atoms with Crippen molar-refractivity contribution in [2.24, 2.45) is 0 Å². The molecular weight excluding hydrogens is 450 g/mol. The summed E-state index contributed by atoms with van der Waals surface area (Å²) >= 11 is 0. The van der Waals surface area contributed by atoms with E-state index in [1.54, 1.807) is 72.8 Å². The summed E-state index contributed by atoms with van der Waals surface area (Å²) in [5.74, 6) is -0.304. The van der Waals surface area contributed by atoms with Crippen molar-refractivity contribution in [1.29, 1.82) is 0 Å². The number of anilines is 2. The van der Waals surface area contributed by atoms with Crippen molar-refractivity contribution in [2.75, 3.05) is 31.2 Å². The van der Waals surface area contributed by atoms with Crippen LogP contribution >= 0.6 is 0 Å². The fourth-order valence-corrected chi connectivity index (χ4v) is 3.00. The molecule has 0 saturated carbocycles. The number of nitrogens with one attached hydrogen (secondary N) is 2. The van der Waals surface area contributed by atoms with Crippen LogP contribution in [0.3, 0.4) is 0 Å². The second-order valence-electron chi connectivity index (χ2n) is 7.05. The zero-order valence-electron chi connectivity index (χ0n) is 19.3. The van der Waals surface area contributed by atoms with Crippen molar-refractivity contribution < 1.29 is 28.6 Å². The van der Waals surface area contributed by atoms with Gasteiger partial charge in [0.05, 0.1) is 19.9 Å². The van der Waals surface area contributed by atoms with Crippen LogP contribution < -0.4 is 25.2 Å². The van der Waals surface area contributed by atoms with Crippen molar-refractivity contribution in [1.82, 2.24) is 5.43 Å². The molecule has 9 nitrogen and oxygen atoms in total. The van der Waals surface area contributed by atoms with Crippen molar-refractivity contribution in [3.05, 3.63) is 90.5 Å². The van der Waals surface area contributed by atoms with Gasteiger partial charge in [0.1, 0.15) is 0 Å². The number of hydrogen-bond donors (Lipinski definition) is 2. The molecule has 0 aliphatic rings. The Bertz CT molecular complexity index is 1180. The van der Waals surface area contributed by atoms with Gasteiger partial charge in [-0.25, -0.2) is 20.0 Å². The number of urea groups is 1. The molecule has 9 heteroatoms. The maximum atomic E-state index is 12.8. The van der Waals surface area contributed by atoms with Crippen LogP contribution in [-0.4, -0.2) is 38.7 Å². The third-order valence-electron chi connectivity index (χ3n) is 4.67. The van der Waals surface area contributed by atoms with E-state index in [0.717, 1.165) is 5.01 Å². The average molecular weight is 476 g/mol. The van der Waals surface area contributed by atoms with Crippen LogP contribution in [0.25, 0.3) is 6.08 Å². The van der Waals surface area contributed by atoms with Crippen molar-refractivity contribution in [2.45, 2.75) is 0 Å². The molecule has 3 aromatic carbocycles. The Hall–Kier alpha value is -4.79. The largest absolute Gasteiger partial charge is 0.493 e. The molecule has 0 fully saturated rings. The fourth-order valence-electron chi connectivity index (χ4n) is 3.00. The third-order valence-corrected chi connectivity index (χ3v) is 4.67. The van der Waals surface area contributed by atoms with E-state index in [9.17, 15) is 14.4 Å². The number of methoxy groups -OCH3 is 2. The Morgan fingerprint density at radius 2 is 1.51 bits per heavy atom. The number of para-hydroxylation sites is 2. The van der Waals surface area contributed by atoms with E-state index in [1.807, 2.05) is 6.07 Å².